The third kappa shape index (κ3) is 5.54. The van der Waals surface area contributed by atoms with Crippen LogP contribution >= 0.6 is 11.8 Å². The molecule has 0 unspecified atom stereocenters. The fourth-order valence-corrected chi connectivity index (χ4v) is 4.33. The standard InChI is InChI=1S/C22H24FN5O4S/c1-2-28-21(18-4-3-13-31-18)24-25-22(28)33-15-20(30)32-14-19(29)27-11-9-26(10-12-27)17-7-5-16(23)6-8-17/h3-8,13H,2,9-12,14-15H2,1H3. The molecule has 174 valence electrons. The maximum absolute atomic E-state index is 13.1. The molecule has 0 atom stereocenters. The van der Waals surface area contributed by atoms with Gasteiger partial charge in [0.05, 0.1) is 12.0 Å². The second-order valence-electron chi connectivity index (χ2n) is 7.32. The van der Waals surface area contributed by atoms with E-state index in [1.165, 1.54) is 23.9 Å². The van der Waals surface area contributed by atoms with E-state index in [1.54, 1.807) is 35.4 Å². The number of piperazine rings is 1. The quantitative estimate of drug-likeness (QED) is 0.364. The summed E-state index contributed by atoms with van der Waals surface area (Å²) in [5.74, 6) is 0.201. The first-order valence-electron chi connectivity index (χ1n) is 10.6. The van der Waals surface area contributed by atoms with E-state index in [9.17, 15) is 14.0 Å². The largest absolute Gasteiger partial charge is 0.461 e. The lowest BCUT2D eigenvalue weighted by Gasteiger charge is -2.36. The molecule has 0 radical (unpaired) electrons. The summed E-state index contributed by atoms with van der Waals surface area (Å²) in [5, 5.41) is 8.84. The molecule has 1 aromatic carbocycles. The Hall–Kier alpha value is -3.34. The summed E-state index contributed by atoms with van der Waals surface area (Å²) in [6.45, 7) is 4.55. The number of rotatable bonds is 8. The van der Waals surface area contributed by atoms with Gasteiger partial charge in [-0.25, -0.2) is 4.39 Å². The van der Waals surface area contributed by atoms with E-state index in [-0.39, 0.29) is 24.1 Å². The van der Waals surface area contributed by atoms with Gasteiger partial charge in [0.1, 0.15) is 5.82 Å². The Morgan fingerprint density at radius 2 is 1.88 bits per heavy atom. The Morgan fingerprint density at radius 3 is 2.55 bits per heavy atom. The molecule has 0 N–H and O–H groups in total. The zero-order valence-electron chi connectivity index (χ0n) is 18.1. The van der Waals surface area contributed by atoms with E-state index in [0.717, 1.165) is 5.69 Å². The van der Waals surface area contributed by atoms with Crippen molar-refractivity contribution in [2.45, 2.75) is 18.6 Å². The lowest BCUT2D eigenvalue weighted by atomic mass is 10.2. The predicted molar refractivity (Wildman–Crippen MR) is 120 cm³/mol. The van der Waals surface area contributed by atoms with E-state index in [0.29, 0.717) is 49.5 Å². The maximum Gasteiger partial charge on any atom is 0.316 e. The number of thioether (sulfide) groups is 1. The molecular weight excluding hydrogens is 449 g/mol. The van der Waals surface area contributed by atoms with Gasteiger partial charge >= 0.3 is 5.97 Å². The van der Waals surface area contributed by atoms with Gasteiger partial charge < -0.3 is 19.0 Å². The fourth-order valence-electron chi connectivity index (χ4n) is 3.53. The zero-order chi connectivity index (χ0) is 23.2. The molecule has 33 heavy (non-hydrogen) atoms. The van der Waals surface area contributed by atoms with Crippen molar-refractivity contribution < 1.29 is 23.1 Å². The highest BCUT2D eigenvalue weighted by molar-refractivity contribution is 7.99. The number of furan rings is 1. The van der Waals surface area contributed by atoms with E-state index in [2.05, 4.69) is 15.1 Å². The van der Waals surface area contributed by atoms with Crippen LogP contribution in [0.2, 0.25) is 0 Å². The van der Waals surface area contributed by atoms with Crippen molar-refractivity contribution in [1.82, 2.24) is 19.7 Å². The molecule has 0 bridgehead atoms. The van der Waals surface area contributed by atoms with E-state index >= 15 is 0 Å². The maximum atomic E-state index is 13.1. The van der Waals surface area contributed by atoms with Gasteiger partial charge in [0, 0.05) is 38.4 Å². The number of carbonyl (C=O) groups is 2. The van der Waals surface area contributed by atoms with Crippen molar-refractivity contribution in [3.05, 3.63) is 48.5 Å². The topological polar surface area (TPSA) is 93.7 Å². The predicted octanol–water partition coefficient (Wildman–Crippen LogP) is 2.68. The van der Waals surface area contributed by atoms with Crippen LogP contribution in [0.3, 0.4) is 0 Å². The number of hydrogen-bond acceptors (Lipinski definition) is 8. The van der Waals surface area contributed by atoms with Crippen LogP contribution in [0.15, 0.2) is 52.2 Å². The summed E-state index contributed by atoms with van der Waals surface area (Å²) in [7, 11) is 0. The van der Waals surface area contributed by atoms with Crippen LogP contribution in [-0.2, 0) is 20.9 Å². The van der Waals surface area contributed by atoms with E-state index < -0.39 is 5.97 Å². The number of aromatic nitrogens is 3. The van der Waals surface area contributed by atoms with Gasteiger partial charge in [0.15, 0.2) is 23.3 Å². The lowest BCUT2D eigenvalue weighted by Crippen LogP contribution is -2.50. The molecule has 4 rings (SSSR count). The average molecular weight is 474 g/mol. The molecule has 1 amide bonds. The van der Waals surface area contributed by atoms with Crippen LogP contribution in [-0.4, -0.2) is 70.1 Å². The van der Waals surface area contributed by atoms with Crippen molar-refractivity contribution in [3.63, 3.8) is 0 Å². The Labute approximate surface area is 194 Å². The van der Waals surface area contributed by atoms with Crippen molar-refractivity contribution >= 4 is 29.3 Å². The SMILES string of the molecule is CCn1c(SCC(=O)OCC(=O)N2CCN(c3ccc(F)cc3)CC2)nnc1-c1ccco1. The van der Waals surface area contributed by atoms with Crippen LogP contribution < -0.4 is 4.90 Å². The smallest absolute Gasteiger partial charge is 0.316 e. The molecule has 1 fully saturated rings. The number of halogens is 1. The first-order chi connectivity index (χ1) is 16.0. The number of ether oxygens (including phenoxy) is 1. The second kappa shape index (κ2) is 10.5. The van der Waals surface area contributed by atoms with Gasteiger partial charge in [-0.2, -0.15) is 0 Å². The summed E-state index contributed by atoms with van der Waals surface area (Å²) >= 11 is 1.20. The third-order valence-corrected chi connectivity index (χ3v) is 6.21. The minimum absolute atomic E-state index is 0.0158. The summed E-state index contributed by atoms with van der Waals surface area (Å²) in [6, 6.07) is 9.86. The summed E-state index contributed by atoms with van der Waals surface area (Å²) in [4.78, 5) is 28.4. The highest BCUT2D eigenvalue weighted by atomic mass is 32.2. The molecule has 1 aliphatic rings. The molecule has 11 heteroatoms. The van der Waals surface area contributed by atoms with Crippen molar-refractivity contribution in [2.75, 3.05) is 43.4 Å². The third-order valence-electron chi connectivity index (χ3n) is 5.27. The molecule has 2 aromatic heterocycles. The number of nitrogens with zero attached hydrogens (tertiary/aromatic N) is 5. The minimum atomic E-state index is -0.497. The van der Waals surface area contributed by atoms with Gasteiger partial charge in [-0.05, 0) is 43.3 Å². The van der Waals surface area contributed by atoms with Crippen LogP contribution in [0.5, 0.6) is 0 Å². The Kier molecular flexibility index (Phi) is 7.28. The van der Waals surface area contributed by atoms with Gasteiger partial charge in [0.25, 0.3) is 5.91 Å². The van der Waals surface area contributed by atoms with Crippen molar-refractivity contribution in [1.29, 1.82) is 0 Å². The molecule has 0 aliphatic carbocycles. The van der Waals surface area contributed by atoms with E-state index in [4.69, 9.17) is 9.15 Å². The molecular formula is C22H24FN5O4S. The second-order valence-corrected chi connectivity index (χ2v) is 8.26. The molecule has 3 aromatic rings. The number of benzene rings is 1. The van der Waals surface area contributed by atoms with Crippen LogP contribution in [0.4, 0.5) is 10.1 Å². The number of hydrogen-bond donors (Lipinski definition) is 0. The van der Waals surface area contributed by atoms with Gasteiger partial charge in [-0.1, -0.05) is 11.8 Å². The highest BCUT2D eigenvalue weighted by Gasteiger charge is 2.23. The van der Waals surface area contributed by atoms with Crippen LogP contribution in [0, 0.1) is 5.82 Å². The van der Waals surface area contributed by atoms with Gasteiger partial charge in [-0.15, -0.1) is 10.2 Å². The highest BCUT2D eigenvalue weighted by Crippen LogP contribution is 2.24. The summed E-state index contributed by atoms with van der Waals surface area (Å²) in [5.41, 5.74) is 0.919. The fraction of sp³-hybridized carbons (Fsp3) is 0.364. The van der Waals surface area contributed by atoms with Crippen molar-refractivity contribution in [2.24, 2.45) is 0 Å². The average Bonchev–Trinajstić information content (AvgIpc) is 3.51. The molecule has 1 aliphatic heterocycles. The number of carbonyl (C=O) groups excluding carboxylic acids is 2. The number of esters is 1. The van der Waals surface area contributed by atoms with E-state index in [1.807, 2.05) is 11.5 Å². The minimum Gasteiger partial charge on any atom is -0.461 e. The Bertz CT molecular complexity index is 1080. The number of amides is 1. The summed E-state index contributed by atoms with van der Waals surface area (Å²) < 4.78 is 25.5. The Morgan fingerprint density at radius 1 is 1.12 bits per heavy atom. The monoisotopic (exact) mass is 473 g/mol. The number of anilines is 1. The Balaban J connectivity index is 1.21. The first-order valence-corrected chi connectivity index (χ1v) is 11.6. The molecule has 0 spiro atoms. The summed E-state index contributed by atoms with van der Waals surface area (Å²) in [6.07, 6.45) is 1.56. The van der Waals surface area contributed by atoms with Crippen LogP contribution in [0.1, 0.15) is 6.92 Å². The molecule has 0 saturated carbocycles. The molecule has 1 saturated heterocycles. The normalized spacial score (nSPS) is 13.9. The van der Waals surface area contributed by atoms with Crippen molar-refractivity contribution in [3.8, 4) is 11.6 Å². The first kappa shape index (κ1) is 22.8. The molecule has 3 heterocycles. The lowest BCUT2D eigenvalue weighted by molar-refractivity contribution is -0.150. The molecule has 9 nitrogen and oxygen atoms in total. The zero-order valence-corrected chi connectivity index (χ0v) is 19.0. The van der Waals surface area contributed by atoms with Gasteiger partial charge in [0.2, 0.25) is 0 Å². The van der Waals surface area contributed by atoms with Gasteiger partial charge in [-0.3, -0.25) is 14.2 Å². The van der Waals surface area contributed by atoms with Crippen LogP contribution in [0.25, 0.3) is 11.6 Å².